The molecule has 1 unspecified atom stereocenters. The summed E-state index contributed by atoms with van der Waals surface area (Å²) in [4.78, 5) is 28.2. The van der Waals surface area contributed by atoms with E-state index in [1.165, 1.54) is 9.21 Å². The van der Waals surface area contributed by atoms with Gasteiger partial charge in [0.25, 0.3) is 0 Å². The first-order valence-electron chi connectivity index (χ1n) is 12.2. The number of amides is 2. The van der Waals surface area contributed by atoms with E-state index in [2.05, 4.69) is 5.32 Å². The molecular formula is C27H37Cl2N3O4S. The van der Waals surface area contributed by atoms with E-state index >= 15 is 0 Å². The lowest BCUT2D eigenvalue weighted by Gasteiger charge is -2.33. The SMILES string of the molecule is CCC(C(=O)NC(C)(C)C)N(Cc1ccccc1Cl)C(=O)CCCN(c1cc(Cl)ccc1C)S(C)(=O)=O. The van der Waals surface area contributed by atoms with Gasteiger partial charge in [0.15, 0.2) is 0 Å². The molecule has 204 valence electrons. The predicted molar refractivity (Wildman–Crippen MR) is 152 cm³/mol. The van der Waals surface area contributed by atoms with Crippen LogP contribution in [0.3, 0.4) is 0 Å². The van der Waals surface area contributed by atoms with Crippen LogP contribution in [-0.2, 0) is 26.2 Å². The van der Waals surface area contributed by atoms with Gasteiger partial charge in [-0.3, -0.25) is 13.9 Å². The van der Waals surface area contributed by atoms with Gasteiger partial charge in [-0.05, 0) is 69.9 Å². The zero-order valence-corrected chi connectivity index (χ0v) is 24.7. The fraction of sp³-hybridized carbons (Fsp3) is 0.481. The molecular weight excluding hydrogens is 533 g/mol. The molecule has 0 spiro atoms. The summed E-state index contributed by atoms with van der Waals surface area (Å²) in [7, 11) is -3.62. The monoisotopic (exact) mass is 569 g/mol. The average Bonchev–Trinajstić information content (AvgIpc) is 2.77. The summed E-state index contributed by atoms with van der Waals surface area (Å²) in [5.41, 5.74) is 1.50. The molecule has 1 N–H and O–H groups in total. The Labute approximate surface area is 231 Å². The highest BCUT2D eigenvalue weighted by molar-refractivity contribution is 7.92. The lowest BCUT2D eigenvalue weighted by atomic mass is 10.0. The van der Waals surface area contributed by atoms with Gasteiger partial charge < -0.3 is 10.2 Å². The van der Waals surface area contributed by atoms with Gasteiger partial charge in [-0.15, -0.1) is 0 Å². The number of carbonyl (C=O) groups excluding carboxylic acids is 2. The number of benzene rings is 2. The first-order chi connectivity index (χ1) is 17.1. The molecule has 0 aliphatic rings. The van der Waals surface area contributed by atoms with Crippen LogP contribution in [0.4, 0.5) is 5.69 Å². The molecule has 0 bridgehead atoms. The van der Waals surface area contributed by atoms with Crippen LogP contribution in [-0.4, -0.2) is 49.5 Å². The van der Waals surface area contributed by atoms with Crippen molar-refractivity contribution in [1.29, 1.82) is 0 Å². The highest BCUT2D eigenvalue weighted by Crippen LogP contribution is 2.27. The molecule has 10 heteroatoms. The number of hydrogen-bond acceptors (Lipinski definition) is 4. The van der Waals surface area contributed by atoms with Gasteiger partial charge in [-0.25, -0.2) is 8.42 Å². The highest BCUT2D eigenvalue weighted by Gasteiger charge is 2.31. The van der Waals surface area contributed by atoms with E-state index in [0.717, 1.165) is 17.4 Å². The summed E-state index contributed by atoms with van der Waals surface area (Å²) in [6, 6.07) is 11.6. The smallest absolute Gasteiger partial charge is 0.243 e. The van der Waals surface area contributed by atoms with E-state index in [1.807, 2.05) is 39.8 Å². The summed E-state index contributed by atoms with van der Waals surface area (Å²) in [6.45, 7) is 9.57. The fourth-order valence-electron chi connectivity index (χ4n) is 4.02. The van der Waals surface area contributed by atoms with Gasteiger partial charge in [0.2, 0.25) is 21.8 Å². The van der Waals surface area contributed by atoms with E-state index < -0.39 is 21.6 Å². The quantitative estimate of drug-likeness (QED) is 0.383. The lowest BCUT2D eigenvalue weighted by molar-refractivity contribution is -0.142. The summed E-state index contributed by atoms with van der Waals surface area (Å²) in [6.07, 6.45) is 1.85. The van der Waals surface area contributed by atoms with E-state index in [-0.39, 0.29) is 37.7 Å². The van der Waals surface area contributed by atoms with Crippen molar-refractivity contribution in [3.05, 3.63) is 63.6 Å². The number of hydrogen-bond donors (Lipinski definition) is 1. The molecule has 37 heavy (non-hydrogen) atoms. The molecule has 0 aliphatic heterocycles. The van der Waals surface area contributed by atoms with Crippen molar-refractivity contribution in [1.82, 2.24) is 10.2 Å². The van der Waals surface area contributed by atoms with Gasteiger partial charge in [-0.1, -0.05) is 54.4 Å². The summed E-state index contributed by atoms with van der Waals surface area (Å²) in [5, 5.41) is 3.90. The Bertz CT molecular complexity index is 1210. The second-order valence-corrected chi connectivity index (χ2v) is 12.9. The number of nitrogens with zero attached hydrogens (tertiary/aromatic N) is 2. The minimum absolute atomic E-state index is 0.0510. The summed E-state index contributed by atoms with van der Waals surface area (Å²) >= 11 is 12.5. The first-order valence-corrected chi connectivity index (χ1v) is 14.8. The fourth-order valence-corrected chi connectivity index (χ4v) is 5.39. The van der Waals surface area contributed by atoms with Crippen molar-refractivity contribution in [2.45, 2.75) is 72.0 Å². The average molecular weight is 571 g/mol. The van der Waals surface area contributed by atoms with Gasteiger partial charge >= 0.3 is 0 Å². The van der Waals surface area contributed by atoms with Crippen LogP contribution in [0, 0.1) is 6.92 Å². The molecule has 0 saturated heterocycles. The van der Waals surface area contributed by atoms with Crippen LogP contribution in [0.5, 0.6) is 0 Å². The van der Waals surface area contributed by atoms with Crippen molar-refractivity contribution in [3.8, 4) is 0 Å². The molecule has 1 atom stereocenters. The largest absolute Gasteiger partial charge is 0.350 e. The molecule has 0 fully saturated rings. The zero-order chi connectivity index (χ0) is 28.0. The number of anilines is 1. The maximum absolute atomic E-state index is 13.5. The molecule has 0 aromatic heterocycles. The van der Waals surface area contributed by atoms with Gasteiger partial charge in [0.1, 0.15) is 6.04 Å². The highest BCUT2D eigenvalue weighted by atomic mass is 35.5. The van der Waals surface area contributed by atoms with Crippen LogP contribution in [0.1, 0.15) is 58.1 Å². The second-order valence-electron chi connectivity index (χ2n) is 10.1. The Balaban J connectivity index is 2.29. The Morgan fingerprint density at radius 2 is 1.73 bits per heavy atom. The van der Waals surface area contributed by atoms with E-state index in [4.69, 9.17) is 23.2 Å². The number of nitrogens with one attached hydrogen (secondary N) is 1. The number of rotatable bonds is 11. The molecule has 2 aromatic rings. The summed E-state index contributed by atoms with van der Waals surface area (Å²) in [5.74, 6) is -0.505. The normalized spacial score (nSPS) is 12.6. The Hall–Kier alpha value is -2.29. The van der Waals surface area contributed by atoms with E-state index in [0.29, 0.717) is 22.2 Å². The maximum Gasteiger partial charge on any atom is 0.243 e. The van der Waals surface area contributed by atoms with E-state index in [9.17, 15) is 18.0 Å². The third-order valence-electron chi connectivity index (χ3n) is 5.77. The maximum atomic E-state index is 13.5. The van der Waals surface area contributed by atoms with E-state index in [1.54, 1.807) is 37.3 Å². The number of halogens is 2. The lowest BCUT2D eigenvalue weighted by Crippen LogP contribution is -2.53. The van der Waals surface area contributed by atoms with Crippen molar-refractivity contribution < 1.29 is 18.0 Å². The zero-order valence-electron chi connectivity index (χ0n) is 22.3. The Morgan fingerprint density at radius 1 is 1.08 bits per heavy atom. The van der Waals surface area contributed by atoms with Crippen molar-refractivity contribution in [2.24, 2.45) is 0 Å². The first kappa shape index (κ1) is 30.9. The third-order valence-corrected chi connectivity index (χ3v) is 7.56. The van der Waals surface area contributed by atoms with Gasteiger partial charge in [0.05, 0.1) is 11.9 Å². The van der Waals surface area contributed by atoms with Crippen molar-refractivity contribution >= 4 is 50.7 Å². The van der Waals surface area contributed by atoms with Crippen molar-refractivity contribution in [3.63, 3.8) is 0 Å². The van der Waals surface area contributed by atoms with Gasteiger partial charge in [0, 0.05) is 35.1 Å². The molecule has 2 amide bonds. The molecule has 7 nitrogen and oxygen atoms in total. The minimum Gasteiger partial charge on any atom is -0.350 e. The molecule has 0 radical (unpaired) electrons. The van der Waals surface area contributed by atoms with Crippen LogP contribution in [0.15, 0.2) is 42.5 Å². The third kappa shape index (κ3) is 9.20. The number of aryl methyl sites for hydroxylation is 1. The Morgan fingerprint density at radius 3 is 2.30 bits per heavy atom. The van der Waals surface area contributed by atoms with Crippen LogP contribution >= 0.6 is 23.2 Å². The number of sulfonamides is 1. The van der Waals surface area contributed by atoms with Crippen LogP contribution in [0.25, 0.3) is 0 Å². The van der Waals surface area contributed by atoms with Crippen LogP contribution < -0.4 is 9.62 Å². The predicted octanol–water partition coefficient (Wildman–Crippen LogP) is 5.57. The molecule has 2 aromatic carbocycles. The van der Waals surface area contributed by atoms with Crippen LogP contribution in [0.2, 0.25) is 10.0 Å². The molecule has 2 rings (SSSR count). The molecule has 0 heterocycles. The summed E-state index contributed by atoms with van der Waals surface area (Å²) < 4.78 is 26.4. The second kappa shape index (κ2) is 13.0. The standard InChI is InChI=1S/C27H37Cl2N3O4S/c1-7-23(26(34)30-27(3,4)5)31(18-20-11-8-9-12-22(20)29)25(33)13-10-16-32(37(6,35)36)24-17-21(28)15-14-19(24)2/h8-9,11-12,14-15,17,23H,7,10,13,16,18H2,1-6H3,(H,30,34). The Kier molecular flexibility index (Phi) is 10.9. The topological polar surface area (TPSA) is 86.8 Å². The van der Waals surface area contributed by atoms with Crippen molar-refractivity contribution in [2.75, 3.05) is 17.1 Å². The molecule has 0 aliphatic carbocycles. The number of carbonyl (C=O) groups is 2. The van der Waals surface area contributed by atoms with Gasteiger partial charge in [-0.2, -0.15) is 0 Å². The minimum atomic E-state index is -3.62. The molecule has 0 saturated carbocycles.